The molecule has 4 nitrogen and oxygen atoms in total. The van der Waals surface area contributed by atoms with E-state index in [0.29, 0.717) is 5.69 Å². The van der Waals surface area contributed by atoms with Crippen LogP contribution in [0.2, 0.25) is 0 Å². The number of nitrogens with two attached hydrogens (primary N) is 1. The number of aromatic nitrogens is 1. The van der Waals surface area contributed by atoms with Gasteiger partial charge in [0.2, 0.25) is 0 Å². The first-order chi connectivity index (χ1) is 14.7. The van der Waals surface area contributed by atoms with Crippen molar-refractivity contribution in [3.05, 3.63) is 108 Å². The number of rotatable bonds is 4. The lowest BCUT2D eigenvalue weighted by Crippen LogP contribution is -2.21. The minimum atomic E-state index is -0.522. The second kappa shape index (κ2) is 7.48. The van der Waals surface area contributed by atoms with Crippen LogP contribution in [-0.2, 0) is 13.1 Å². The molecule has 0 aliphatic carbocycles. The first kappa shape index (κ1) is 18.1. The molecule has 0 saturated carbocycles. The predicted molar refractivity (Wildman–Crippen MR) is 120 cm³/mol. The van der Waals surface area contributed by atoms with Gasteiger partial charge in [-0.15, -0.1) is 0 Å². The standard InChI is InChI=1S/C26H21N3O/c27-26(30)24-23(19-11-5-2-6-12-19)25(22(15-28-24)18-9-3-1-4-10-18)29-16-20-13-7-8-14-21(20)17-29/h1-15H,16-17H2,(H2,27,30). The highest BCUT2D eigenvalue weighted by molar-refractivity contribution is 6.04. The fourth-order valence-electron chi connectivity index (χ4n) is 4.22. The zero-order chi connectivity index (χ0) is 20.5. The fraction of sp³-hybridized carbons (Fsp3) is 0.0769. The number of pyridine rings is 1. The number of carbonyl (C=O) groups excluding carboxylic acids is 1. The maximum Gasteiger partial charge on any atom is 0.268 e. The molecule has 1 aliphatic rings. The number of hydrogen-bond donors (Lipinski definition) is 1. The van der Waals surface area contributed by atoms with Gasteiger partial charge in [-0.05, 0) is 22.3 Å². The first-order valence-corrected chi connectivity index (χ1v) is 9.98. The van der Waals surface area contributed by atoms with Gasteiger partial charge in [-0.1, -0.05) is 84.9 Å². The summed E-state index contributed by atoms with van der Waals surface area (Å²) in [6, 6.07) is 28.6. The Hall–Kier alpha value is -3.92. The molecule has 0 fully saturated rings. The molecule has 146 valence electrons. The molecule has 0 bridgehead atoms. The third kappa shape index (κ3) is 3.12. The van der Waals surface area contributed by atoms with E-state index in [4.69, 9.17) is 5.73 Å². The molecule has 0 radical (unpaired) electrons. The summed E-state index contributed by atoms with van der Waals surface area (Å²) in [5.41, 5.74) is 13.4. The summed E-state index contributed by atoms with van der Waals surface area (Å²) in [7, 11) is 0. The Morgan fingerprint density at radius 3 is 1.87 bits per heavy atom. The lowest BCUT2D eigenvalue weighted by Gasteiger charge is -2.26. The largest absolute Gasteiger partial charge is 0.364 e. The third-order valence-electron chi connectivity index (χ3n) is 5.59. The average molecular weight is 391 g/mol. The average Bonchev–Trinajstić information content (AvgIpc) is 3.23. The molecule has 2 heterocycles. The van der Waals surface area contributed by atoms with E-state index in [1.807, 2.05) is 48.5 Å². The smallest absolute Gasteiger partial charge is 0.268 e. The van der Waals surface area contributed by atoms with Crippen molar-refractivity contribution in [3.8, 4) is 22.3 Å². The Morgan fingerprint density at radius 1 is 0.767 bits per heavy atom. The van der Waals surface area contributed by atoms with Crippen LogP contribution in [0, 0.1) is 0 Å². The summed E-state index contributed by atoms with van der Waals surface area (Å²) in [5.74, 6) is -0.522. The van der Waals surface area contributed by atoms with Gasteiger partial charge in [-0.2, -0.15) is 0 Å². The van der Waals surface area contributed by atoms with Crippen molar-refractivity contribution in [2.75, 3.05) is 4.90 Å². The summed E-state index contributed by atoms with van der Waals surface area (Å²) < 4.78 is 0. The molecule has 1 aromatic heterocycles. The second-order valence-electron chi connectivity index (χ2n) is 7.47. The van der Waals surface area contributed by atoms with E-state index >= 15 is 0 Å². The lowest BCUT2D eigenvalue weighted by molar-refractivity contribution is 0.0996. The number of fused-ring (bicyclic) bond motifs is 1. The van der Waals surface area contributed by atoms with Crippen LogP contribution in [0.4, 0.5) is 5.69 Å². The zero-order valence-corrected chi connectivity index (χ0v) is 16.5. The first-order valence-electron chi connectivity index (χ1n) is 9.98. The van der Waals surface area contributed by atoms with E-state index in [-0.39, 0.29) is 0 Å². The SMILES string of the molecule is NC(=O)c1ncc(-c2ccccc2)c(N2Cc3ccccc3C2)c1-c1ccccc1. The molecule has 5 rings (SSSR count). The normalized spacial score (nSPS) is 12.6. The second-order valence-corrected chi connectivity index (χ2v) is 7.47. The summed E-state index contributed by atoms with van der Waals surface area (Å²) in [6.07, 6.45) is 1.78. The van der Waals surface area contributed by atoms with Crippen LogP contribution in [0.15, 0.2) is 91.1 Å². The highest BCUT2D eigenvalue weighted by Gasteiger charge is 2.28. The highest BCUT2D eigenvalue weighted by Crippen LogP contribution is 2.43. The molecule has 0 spiro atoms. The van der Waals surface area contributed by atoms with Crippen LogP contribution in [0.25, 0.3) is 22.3 Å². The maximum atomic E-state index is 12.4. The molecule has 1 aliphatic heterocycles. The summed E-state index contributed by atoms with van der Waals surface area (Å²) in [4.78, 5) is 19.2. The Morgan fingerprint density at radius 2 is 1.30 bits per heavy atom. The van der Waals surface area contributed by atoms with E-state index < -0.39 is 5.91 Å². The van der Waals surface area contributed by atoms with Crippen molar-refractivity contribution in [1.29, 1.82) is 0 Å². The fourth-order valence-corrected chi connectivity index (χ4v) is 4.22. The Balaban J connectivity index is 1.79. The van der Waals surface area contributed by atoms with Crippen LogP contribution >= 0.6 is 0 Å². The molecule has 1 amide bonds. The molecule has 2 N–H and O–H groups in total. The Labute approximate surface area is 175 Å². The molecular formula is C26H21N3O. The Bertz CT molecular complexity index is 1190. The van der Waals surface area contributed by atoms with Gasteiger partial charge in [-0.25, -0.2) is 4.98 Å². The quantitative estimate of drug-likeness (QED) is 0.530. The minimum absolute atomic E-state index is 0.298. The number of benzene rings is 3. The molecule has 0 atom stereocenters. The monoisotopic (exact) mass is 391 g/mol. The molecule has 0 saturated heterocycles. The van der Waals surface area contributed by atoms with Crippen LogP contribution in [0.3, 0.4) is 0 Å². The number of carbonyl (C=O) groups is 1. The van der Waals surface area contributed by atoms with E-state index in [1.165, 1.54) is 11.1 Å². The third-order valence-corrected chi connectivity index (χ3v) is 5.59. The van der Waals surface area contributed by atoms with Crippen molar-refractivity contribution in [3.63, 3.8) is 0 Å². The van der Waals surface area contributed by atoms with Crippen LogP contribution in [0.1, 0.15) is 21.6 Å². The van der Waals surface area contributed by atoms with E-state index in [9.17, 15) is 4.79 Å². The Kier molecular flexibility index (Phi) is 4.52. The molecule has 4 aromatic rings. The number of amides is 1. The predicted octanol–water partition coefficient (Wildman–Crippen LogP) is 5.03. The van der Waals surface area contributed by atoms with Crippen LogP contribution < -0.4 is 10.6 Å². The summed E-state index contributed by atoms with van der Waals surface area (Å²) in [5, 5.41) is 0. The van der Waals surface area contributed by atoms with Gasteiger partial charge in [0.25, 0.3) is 5.91 Å². The molecule has 3 aromatic carbocycles. The zero-order valence-electron chi connectivity index (χ0n) is 16.5. The van der Waals surface area contributed by atoms with E-state index in [0.717, 1.165) is 41.0 Å². The van der Waals surface area contributed by atoms with Crippen LogP contribution in [0.5, 0.6) is 0 Å². The summed E-state index contributed by atoms with van der Waals surface area (Å²) >= 11 is 0. The van der Waals surface area contributed by atoms with Crippen molar-refractivity contribution in [2.24, 2.45) is 5.73 Å². The van der Waals surface area contributed by atoms with Crippen molar-refractivity contribution in [1.82, 2.24) is 4.98 Å². The summed E-state index contributed by atoms with van der Waals surface area (Å²) in [6.45, 7) is 1.55. The van der Waals surface area contributed by atoms with Crippen molar-refractivity contribution >= 4 is 11.6 Å². The number of hydrogen-bond acceptors (Lipinski definition) is 3. The van der Waals surface area contributed by atoms with Gasteiger partial charge in [0.05, 0.1) is 5.69 Å². The molecular weight excluding hydrogens is 370 g/mol. The maximum absolute atomic E-state index is 12.4. The van der Waals surface area contributed by atoms with Gasteiger partial charge in [-0.3, -0.25) is 4.79 Å². The van der Waals surface area contributed by atoms with E-state index in [1.54, 1.807) is 6.20 Å². The highest BCUT2D eigenvalue weighted by atomic mass is 16.1. The lowest BCUT2D eigenvalue weighted by atomic mass is 9.94. The van der Waals surface area contributed by atoms with Gasteiger partial charge in [0, 0.05) is 30.4 Å². The van der Waals surface area contributed by atoms with Crippen molar-refractivity contribution in [2.45, 2.75) is 13.1 Å². The topological polar surface area (TPSA) is 59.2 Å². The number of nitrogens with zero attached hydrogens (tertiary/aromatic N) is 2. The number of primary amides is 1. The van der Waals surface area contributed by atoms with E-state index in [2.05, 4.69) is 46.3 Å². The minimum Gasteiger partial charge on any atom is -0.364 e. The van der Waals surface area contributed by atoms with Gasteiger partial charge < -0.3 is 10.6 Å². The van der Waals surface area contributed by atoms with Crippen LogP contribution in [-0.4, -0.2) is 10.9 Å². The van der Waals surface area contributed by atoms with Gasteiger partial charge in [0.1, 0.15) is 5.69 Å². The number of anilines is 1. The molecule has 0 unspecified atom stereocenters. The van der Waals surface area contributed by atoms with Gasteiger partial charge >= 0.3 is 0 Å². The molecule has 4 heteroatoms. The van der Waals surface area contributed by atoms with Crippen molar-refractivity contribution < 1.29 is 4.79 Å². The van der Waals surface area contributed by atoms with Gasteiger partial charge in [0.15, 0.2) is 0 Å². The molecule has 30 heavy (non-hydrogen) atoms.